The molecule has 0 heterocycles. The Morgan fingerprint density at radius 2 is 1.88 bits per heavy atom. The van der Waals surface area contributed by atoms with Crippen LogP contribution >= 0.6 is 0 Å². The Hall–Kier alpha value is -2.41. The van der Waals surface area contributed by atoms with E-state index in [1.165, 1.54) is 12.3 Å². The number of nitrogens with two attached hydrogens (primary N) is 2. The summed E-state index contributed by atoms with van der Waals surface area (Å²) in [7, 11) is -3.48. The van der Waals surface area contributed by atoms with Crippen molar-refractivity contribution in [3.8, 4) is 0 Å². The monoisotopic (exact) mass is 361 g/mol. The lowest BCUT2D eigenvalue weighted by atomic mass is 9.82. The number of guanidine groups is 1. The van der Waals surface area contributed by atoms with Crippen molar-refractivity contribution in [3.63, 3.8) is 0 Å². The molecule has 0 bridgehead atoms. The fraction of sp³-hybridized carbons (Fsp3) is 0.333. The Morgan fingerprint density at radius 1 is 1.24 bits per heavy atom. The highest BCUT2D eigenvalue weighted by atomic mass is 32.2. The van der Waals surface area contributed by atoms with Gasteiger partial charge in [0.25, 0.3) is 5.91 Å². The average Bonchev–Trinajstić information content (AvgIpc) is 2.54. The van der Waals surface area contributed by atoms with Crippen molar-refractivity contribution in [1.82, 2.24) is 0 Å². The maximum absolute atomic E-state index is 12.7. The van der Waals surface area contributed by atoms with E-state index in [1.807, 2.05) is 13.0 Å². The van der Waals surface area contributed by atoms with Crippen molar-refractivity contribution >= 4 is 21.7 Å². The second-order valence-corrected chi connectivity index (χ2v) is 8.42. The van der Waals surface area contributed by atoms with Gasteiger partial charge in [-0.05, 0) is 18.4 Å². The molecule has 1 aromatic carbocycles. The van der Waals surface area contributed by atoms with E-state index >= 15 is 0 Å². The molecule has 0 saturated carbocycles. The predicted octanol–water partition coefficient (Wildman–Crippen LogP) is 1.78. The molecule has 1 aromatic rings. The third kappa shape index (κ3) is 3.82. The van der Waals surface area contributed by atoms with Crippen LogP contribution in [0.2, 0.25) is 0 Å². The van der Waals surface area contributed by atoms with Gasteiger partial charge in [0, 0.05) is 11.8 Å². The number of aliphatic imine (C=N–C) groups is 1. The van der Waals surface area contributed by atoms with Crippen molar-refractivity contribution < 1.29 is 13.2 Å². The predicted molar refractivity (Wildman–Crippen MR) is 99.5 cm³/mol. The standard InChI is InChI=1S/C18H23N3O3S/c1-3-7-13-12-18(25(2,23)24,14-8-5-4-6-9-14)11-10-15(13)16(22)21-17(19)20/h4-6,8-11H,3,7,12H2,1-2H3,(H4,19,20,21,22). The number of allylic oxidation sites excluding steroid dienone is 1. The van der Waals surface area contributed by atoms with E-state index in [9.17, 15) is 13.2 Å². The largest absolute Gasteiger partial charge is 0.370 e. The molecular formula is C18H23N3O3S. The van der Waals surface area contributed by atoms with Crippen molar-refractivity contribution in [3.05, 3.63) is 59.2 Å². The Bertz CT molecular complexity index is 851. The molecule has 6 nitrogen and oxygen atoms in total. The van der Waals surface area contributed by atoms with Gasteiger partial charge in [0.1, 0.15) is 4.75 Å². The molecular weight excluding hydrogens is 338 g/mol. The molecule has 1 atom stereocenters. The lowest BCUT2D eigenvalue weighted by molar-refractivity contribution is -0.114. The summed E-state index contributed by atoms with van der Waals surface area (Å²) < 4.78 is 24.2. The number of sulfone groups is 1. The van der Waals surface area contributed by atoms with Crippen LogP contribution in [0.4, 0.5) is 0 Å². The third-order valence-corrected chi connectivity index (χ3v) is 6.15. The van der Waals surface area contributed by atoms with Crippen LogP contribution in [-0.2, 0) is 19.4 Å². The molecule has 0 radical (unpaired) electrons. The van der Waals surface area contributed by atoms with Crippen molar-refractivity contribution in [2.75, 3.05) is 6.26 Å². The Labute approximate surface area is 148 Å². The third-order valence-electron chi connectivity index (χ3n) is 4.31. The van der Waals surface area contributed by atoms with Crippen LogP contribution in [0.15, 0.2) is 58.6 Å². The molecule has 1 unspecified atom stereocenters. The number of nitrogens with zero attached hydrogens (tertiary/aromatic N) is 1. The maximum atomic E-state index is 12.7. The summed E-state index contributed by atoms with van der Waals surface area (Å²) in [5.41, 5.74) is 12.4. The first-order valence-corrected chi connectivity index (χ1v) is 9.90. The number of hydrogen-bond donors (Lipinski definition) is 2. The lowest BCUT2D eigenvalue weighted by Crippen LogP contribution is -2.36. The molecule has 134 valence electrons. The number of amides is 1. The molecule has 4 N–H and O–H groups in total. The minimum atomic E-state index is -3.48. The average molecular weight is 361 g/mol. The van der Waals surface area contributed by atoms with E-state index in [0.717, 1.165) is 12.0 Å². The van der Waals surface area contributed by atoms with Gasteiger partial charge < -0.3 is 11.5 Å². The van der Waals surface area contributed by atoms with Crippen LogP contribution in [-0.4, -0.2) is 26.5 Å². The topological polar surface area (TPSA) is 116 Å². The normalized spacial score (nSPS) is 20.4. The van der Waals surface area contributed by atoms with E-state index in [1.54, 1.807) is 30.3 Å². The summed E-state index contributed by atoms with van der Waals surface area (Å²) in [4.78, 5) is 15.9. The Balaban J connectivity index is 2.60. The number of carbonyl (C=O) groups is 1. The van der Waals surface area contributed by atoms with Crippen LogP contribution in [0.1, 0.15) is 31.7 Å². The van der Waals surface area contributed by atoms with Crippen LogP contribution in [0, 0.1) is 0 Å². The van der Waals surface area contributed by atoms with Crippen molar-refractivity contribution in [1.29, 1.82) is 0 Å². The second kappa shape index (κ2) is 7.23. The summed E-state index contributed by atoms with van der Waals surface area (Å²) in [5.74, 6) is -0.861. The fourth-order valence-electron chi connectivity index (χ4n) is 3.12. The smallest absolute Gasteiger partial charge is 0.280 e. The van der Waals surface area contributed by atoms with Crippen LogP contribution in [0.3, 0.4) is 0 Å². The van der Waals surface area contributed by atoms with Crippen LogP contribution in [0.25, 0.3) is 0 Å². The molecule has 1 aliphatic carbocycles. The van der Waals surface area contributed by atoms with Gasteiger partial charge in [0.2, 0.25) is 0 Å². The van der Waals surface area contributed by atoms with Crippen LogP contribution < -0.4 is 11.5 Å². The zero-order valence-electron chi connectivity index (χ0n) is 14.4. The number of rotatable bonds is 5. The summed E-state index contributed by atoms with van der Waals surface area (Å²) in [5, 5.41) is 0. The molecule has 0 aliphatic heterocycles. The minimum Gasteiger partial charge on any atom is -0.370 e. The van der Waals surface area contributed by atoms with Crippen molar-refractivity contribution in [2.24, 2.45) is 16.5 Å². The van der Waals surface area contributed by atoms with Gasteiger partial charge in [-0.25, -0.2) is 8.42 Å². The highest BCUT2D eigenvalue weighted by Gasteiger charge is 2.43. The quantitative estimate of drug-likeness (QED) is 0.613. The van der Waals surface area contributed by atoms with E-state index in [0.29, 0.717) is 17.6 Å². The summed E-state index contributed by atoms with van der Waals surface area (Å²) in [6.07, 6.45) is 5.91. The molecule has 25 heavy (non-hydrogen) atoms. The zero-order chi connectivity index (χ0) is 18.7. The zero-order valence-corrected chi connectivity index (χ0v) is 15.2. The first-order valence-electron chi connectivity index (χ1n) is 8.01. The lowest BCUT2D eigenvalue weighted by Gasteiger charge is -2.34. The van der Waals surface area contributed by atoms with Gasteiger partial charge in [-0.3, -0.25) is 4.79 Å². The van der Waals surface area contributed by atoms with Gasteiger partial charge >= 0.3 is 0 Å². The van der Waals surface area contributed by atoms with E-state index in [-0.39, 0.29) is 12.4 Å². The number of hydrogen-bond acceptors (Lipinski definition) is 3. The molecule has 0 spiro atoms. The summed E-state index contributed by atoms with van der Waals surface area (Å²) >= 11 is 0. The van der Waals surface area contributed by atoms with Gasteiger partial charge in [-0.2, -0.15) is 4.99 Å². The second-order valence-electron chi connectivity index (χ2n) is 6.15. The first kappa shape index (κ1) is 18.9. The van der Waals surface area contributed by atoms with E-state index < -0.39 is 20.5 Å². The number of carbonyl (C=O) groups excluding carboxylic acids is 1. The molecule has 0 aromatic heterocycles. The van der Waals surface area contributed by atoms with Gasteiger partial charge in [0.15, 0.2) is 15.8 Å². The molecule has 0 fully saturated rings. The van der Waals surface area contributed by atoms with Crippen LogP contribution in [0.5, 0.6) is 0 Å². The molecule has 2 rings (SSSR count). The van der Waals surface area contributed by atoms with E-state index in [4.69, 9.17) is 11.5 Å². The summed E-state index contributed by atoms with van der Waals surface area (Å²) in [6, 6.07) is 9.02. The molecule has 7 heteroatoms. The van der Waals surface area contributed by atoms with Gasteiger partial charge in [-0.15, -0.1) is 0 Å². The minimum absolute atomic E-state index is 0.210. The fourth-order valence-corrected chi connectivity index (χ4v) is 4.44. The highest BCUT2D eigenvalue weighted by molar-refractivity contribution is 7.91. The van der Waals surface area contributed by atoms with E-state index in [2.05, 4.69) is 4.99 Å². The number of benzene rings is 1. The molecule has 1 aliphatic rings. The molecule has 0 saturated heterocycles. The summed E-state index contributed by atoms with van der Waals surface area (Å²) in [6.45, 7) is 1.97. The Morgan fingerprint density at radius 3 is 2.40 bits per heavy atom. The molecule has 1 amide bonds. The van der Waals surface area contributed by atoms with Gasteiger partial charge in [-0.1, -0.05) is 61.4 Å². The highest BCUT2D eigenvalue weighted by Crippen LogP contribution is 2.43. The Kier molecular flexibility index (Phi) is 5.47. The SMILES string of the molecule is CCCC1=C(C(=O)N=C(N)N)C=CC(c2ccccc2)(S(C)(=O)=O)C1. The maximum Gasteiger partial charge on any atom is 0.280 e. The first-order chi connectivity index (χ1) is 11.7. The van der Waals surface area contributed by atoms with Gasteiger partial charge in [0.05, 0.1) is 0 Å². The van der Waals surface area contributed by atoms with Crippen molar-refractivity contribution in [2.45, 2.75) is 30.9 Å².